The van der Waals surface area contributed by atoms with Gasteiger partial charge in [0.05, 0.1) is 0 Å². The molecule has 1 atom stereocenters. The van der Waals surface area contributed by atoms with Crippen molar-refractivity contribution in [3.63, 3.8) is 0 Å². The highest BCUT2D eigenvalue weighted by Crippen LogP contribution is 2.24. The molecule has 0 bridgehead atoms. The maximum absolute atomic E-state index is 4.11. The summed E-state index contributed by atoms with van der Waals surface area (Å²) in [7, 11) is 0. The minimum absolute atomic E-state index is 0.996. The van der Waals surface area contributed by atoms with Gasteiger partial charge in [-0.25, -0.2) is 0 Å². The summed E-state index contributed by atoms with van der Waals surface area (Å²) in [5.74, 6) is 0.996. The lowest BCUT2D eigenvalue weighted by molar-refractivity contribution is 0.372. The zero-order chi connectivity index (χ0) is 30.4. The molecule has 0 saturated carbocycles. The molecule has 0 fully saturated rings. The van der Waals surface area contributed by atoms with E-state index in [4.69, 9.17) is 0 Å². The first-order valence-electron chi connectivity index (χ1n) is 20.6. The van der Waals surface area contributed by atoms with Crippen molar-refractivity contribution in [2.45, 2.75) is 258 Å². The molecule has 0 aliphatic carbocycles. The van der Waals surface area contributed by atoms with Crippen LogP contribution in [0.25, 0.3) is 0 Å². The van der Waals surface area contributed by atoms with Gasteiger partial charge >= 0.3 is 0 Å². The van der Waals surface area contributed by atoms with E-state index in [1.165, 1.54) is 238 Å². The molecule has 0 spiro atoms. The highest BCUT2D eigenvalue weighted by atomic mass is 14.1. The first-order valence-corrected chi connectivity index (χ1v) is 20.6. The fourth-order valence-corrected chi connectivity index (χ4v) is 7.01. The van der Waals surface area contributed by atoms with E-state index in [0.29, 0.717) is 0 Å². The number of rotatable bonds is 38. The lowest BCUT2D eigenvalue weighted by atomic mass is 9.90. The number of hydrogen-bond acceptors (Lipinski definition) is 0. The average Bonchev–Trinajstić information content (AvgIpc) is 3.00. The van der Waals surface area contributed by atoms with Crippen LogP contribution in [0.3, 0.4) is 0 Å². The summed E-state index contributed by atoms with van der Waals surface area (Å²) in [5, 5.41) is 0. The van der Waals surface area contributed by atoms with Gasteiger partial charge < -0.3 is 0 Å². The number of unbranched alkanes of at least 4 members (excludes halogenated alkanes) is 32. The van der Waals surface area contributed by atoms with Crippen molar-refractivity contribution in [3.05, 3.63) is 6.92 Å². The topological polar surface area (TPSA) is 0 Å². The molecule has 253 valence electrons. The second-order valence-corrected chi connectivity index (χ2v) is 14.4. The Hall–Kier alpha value is 0. The molecule has 0 N–H and O–H groups in total. The highest BCUT2D eigenvalue weighted by Gasteiger charge is 2.08. The molecule has 1 unspecified atom stereocenters. The van der Waals surface area contributed by atoms with Crippen molar-refractivity contribution in [3.8, 4) is 0 Å². The van der Waals surface area contributed by atoms with Crippen molar-refractivity contribution < 1.29 is 0 Å². The van der Waals surface area contributed by atoms with Gasteiger partial charge in [0.25, 0.3) is 0 Å². The quantitative estimate of drug-likeness (QED) is 0.0628. The Bertz CT molecular complexity index is 439. The van der Waals surface area contributed by atoms with Gasteiger partial charge in [0.15, 0.2) is 0 Å². The van der Waals surface area contributed by atoms with Gasteiger partial charge in [-0.1, -0.05) is 265 Å². The fraction of sp³-hybridized carbons (Fsp3) is 0.976. The van der Waals surface area contributed by atoms with E-state index >= 15 is 0 Å². The summed E-state index contributed by atoms with van der Waals surface area (Å²) in [5.41, 5.74) is 0. The zero-order valence-corrected chi connectivity index (χ0v) is 30.2. The predicted molar refractivity (Wildman–Crippen MR) is 196 cm³/mol. The first-order chi connectivity index (χ1) is 20.8. The number of hydrogen-bond donors (Lipinski definition) is 0. The van der Waals surface area contributed by atoms with Crippen LogP contribution in [-0.2, 0) is 0 Å². The Morgan fingerprint density at radius 2 is 0.452 bits per heavy atom. The summed E-state index contributed by atoms with van der Waals surface area (Å²) < 4.78 is 0. The van der Waals surface area contributed by atoms with Crippen molar-refractivity contribution >= 4 is 0 Å². The van der Waals surface area contributed by atoms with Gasteiger partial charge in [-0.15, -0.1) is 0 Å². The molecule has 0 rings (SSSR count). The molecule has 0 heterocycles. The van der Waals surface area contributed by atoms with Crippen LogP contribution in [0.5, 0.6) is 0 Å². The lowest BCUT2D eigenvalue weighted by Gasteiger charge is -2.16. The molecular formula is C42H85. The molecular weight excluding hydrogens is 504 g/mol. The van der Waals surface area contributed by atoms with E-state index in [1.807, 2.05) is 0 Å². The highest BCUT2D eigenvalue weighted by molar-refractivity contribution is 4.62. The van der Waals surface area contributed by atoms with E-state index in [9.17, 15) is 0 Å². The largest absolute Gasteiger partial charge is 0.0654 e. The van der Waals surface area contributed by atoms with Crippen molar-refractivity contribution in [1.29, 1.82) is 0 Å². The normalized spacial score (nSPS) is 12.4. The van der Waals surface area contributed by atoms with E-state index in [2.05, 4.69) is 20.8 Å². The summed E-state index contributed by atoms with van der Waals surface area (Å²) in [4.78, 5) is 0. The summed E-state index contributed by atoms with van der Waals surface area (Å²) in [6.07, 6.45) is 55.6. The molecule has 0 aliphatic heterocycles. The summed E-state index contributed by atoms with van der Waals surface area (Å²) >= 11 is 0. The van der Waals surface area contributed by atoms with E-state index in [0.717, 1.165) is 12.3 Å². The fourth-order valence-electron chi connectivity index (χ4n) is 7.01. The van der Waals surface area contributed by atoms with Gasteiger partial charge in [0, 0.05) is 0 Å². The van der Waals surface area contributed by atoms with Gasteiger partial charge in [0.2, 0.25) is 0 Å². The van der Waals surface area contributed by atoms with Gasteiger partial charge in [-0.05, 0) is 5.92 Å². The van der Waals surface area contributed by atoms with Crippen LogP contribution in [0, 0.1) is 12.8 Å². The minimum atomic E-state index is 0.996. The maximum Gasteiger partial charge on any atom is -0.0414 e. The third-order valence-corrected chi connectivity index (χ3v) is 10.0. The van der Waals surface area contributed by atoms with Gasteiger partial charge in [-0.3, -0.25) is 0 Å². The third-order valence-electron chi connectivity index (χ3n) is 10.0. The second-order valence-electron chi connectivity index (χ2n) is 14.4. The zero-order valence-electron chi connectivity index (χ0n) is 30.2. The average molecular weight is 590 g/mol. The molecule has 0 heteroatoms. The molecule has 0 aliphatic rings. The van der Waals surface area contributed by atoms with Crippen LogP contribution in [0.2, 0.25) is 0 Å². The Morgan fingerprint density at radius 3 is 0.667 bits per heavy atom. The van der Waals surface area contributed by atoms with E-state index in [1.54, 1.807) is 0 Å². The molecule has 1 radical (unpaired) electrons. The van der Waals surface area contributed by atoms with Gasteiger partial charge in [-0.2, -0.15) is 0 Å². The van der Waals surface area contributed by atoms with Crippen LogP contribution in [0.4, 0.5) is 0 Å². The van der Waals surface area contributed by atoms with Crippen LogP contribution >= 0.6 is 0 Å². The van der Waals surface area contributed by atoms with E-state index in [-0.39, 0.29) is 0 Å². The Morgan fingerprint density at radius 1 is 0.262 bits per heavy atom. The summed E-state index contributed by atoms with van der Waals surface area (Å²) in [6.45, 7) is 8.74. The summed E-state index contributed by atoms with van der Waals surface area (Å²) in [6, 6.07) is 0. The lowest BCUT2D eigenvalue weighted by Crippen LogP contribution is -2.01. The predicted octanol–water partition coefficient (Wildman–Crippen LogP) is 16.3. The molecule has 0 aromatic carbocycles. The minimum Gasteiger partial charge on any atom is -0.0654 e. The van der Waals surface area contributed by atoms with Crippen LogP contribution in [0.15, 0.2) is 0 Å². The van der Waals surface area contributed by atoms with Crippen molar-refractivity contribution in [2.24, 2.45) is 5.92 Å². The maximum atomic E-state index is 4.11. The Kier molecular flexibility index (Phi) is 39.0. The monoisotopic (exact) mass is 590 g/mol. The molecule has 0 saturated heterocycles. The Balaban J connectivity index is 3.40. The van der Waals surface area contributed by atoms with E-state index < -0.39 is 0 Å². The standard InChI is InChI=1S/C42H85/c1-4-7-10-12-14-16-18-20-21-22-23-24-25-26-27-28-30-32-34-36-38-41-42(39-9-6-3)40-37-35-33-31-29-19-17-15-13-11-8-5-2/h42H,3-41H2,1-2H3. The van der Waals surface area contributed by atoms with Crippen molar-refractivity contribution in [2.75, 3.05) is 0 Å². The van der Waals surface area contributed by atoms with Gasteiger partial charge in [0.1, 0.15) is 0 Å². The molecule has 0 aromatic rings. The smallest absolute Gasteiger partial charge is 0.0414 e. The molecule has 0 amide bonds. The molecule has 0 aromatic heterocycles. The van der Waals surface area contributed by atoms with Crippen LogP contribution in [-0.4, -0.2) is 0 Å². The Labute approximate surface area is 270 Å². The molecule has 42 heavy (non-hydrogen) atoms. The third kappa shape index (κ3) is 36.2. The van der Waals surface area contributed by atoms with Crippen molar-refractivity contribution in [1.82, 2.24) is 0 Å². The van der Waals surface area contributed by atoms with Crippen LogP contribution < -0.4 is 0 Å². The first kappa shape index (κ1) is 42.0. The van der Waals surface area contributed by atoms with Crippen LogP contribution in [0.1, 0.15) is 258 Å². The second kappa shape index (κ2) is 39.0. The molecule has 0 nitrogen and oxygen atoms in total. The SMILES string of the molecule is [CH2]CCCC(CCCCCCCCCCCCCC)CCCCCCCCCCCCCCCCCCCCCCC.